The average Bonchev–Trinajstić information content (AvgIpc) is 2.45. The molecule has 1 rings (SSSR count). The minimum atomic E-state index is -1.04. The first-order valence-corrected chi connectivity index (χ1v) is 4.70. The molecule has 0 bridgehead atoms. The van der Waals surface area contributed by atoms with E-state index in [0.717, 1.165) is 0 Å². The smallest absolute Gasteiger partial charge is 0.234 e. The summed E-state index contributed by atoms with van der Waals surface area (Å²) < 4.78 is 12.7. The highest BCUT2D eigenvalue weighted by atomic mass is 79.9. The number of carbonyl (C=O) groups excluding carboxylic acids is 1. The highest BCUT2D eigenvalue weighted by molar-refractivity contribution is 9.09. The van der Waals surface area contributed by atoms with Gasteiger partial charge in [0.05, 0.1) is 17.9 Å². The van der Waals surface area contributed by atoms with E-state index in [1.54, 1.807) is 0 Å². The summed E-state index contributed by atoms with van der Waals surface area (Å²) >= 11 is 2.98. The number of halogens is 2. The summed E-state index contributed by atoms with van der Waals surface area (Å²) in [6, 6.07) is 1.33. The number of alkyl halides is 2. The maximum atomic E-state index is 12.7. The molecule has 0 aliphatic carbocycles. The van der Waals surface area contributed by atoms with Gasteiger partial charge in [-0.25, -0.2) is 4.39 Å². The van der Waals surface area contributed by atoms with E-state index in [1.165, 1.54) is 4.90 Å². The molecule has 0 saturated carbocycles. The molecule has 0 radical (unpaired) electrons. The lowest BCUT2D eigenvalue weighted by molar-refractivity contribution is -0.128. The van der Waals surface area contributed by atoms with E-state index in [0.29, 0.717) is 0 Å². The van der Waals surface area contributed by atoms with Crippen LogP contribution >= 0.6 is 15.9 Å². The van der Waals surface area contributed by atoms with Gasteiger partial charge in [-0.15, -0.1) is 0 Å². The van der Waals surface area contributed by atoms with Gasteiger partial charge in [-0.3, -0.25) is 4.79 Å². The van der Waals surface area contributed by atoms with Crippen LogP contribution in [0.4, 0.5) is 4.39 Å². The Balaban J connectivity index is 2.65. The molecule has 2 atom stereocenters. The lowest BCUT2D eigenvalue weighted by atomic mass is 10.2. The lowest BCUT2D eigenvalue weighted by Gasteiger charge is -2.17. The molecule has 1 heterocycles. The van der Waals surface area contributed by atoms with Gasteiger partial charge in [0.25, 0.3) is 0 Å². The van der Waals surface area contributed by atoms with Crippen molar-refractivity contribution >= 4 is 21.8 Å². The Morgan fingerprint density at radius 1 is 1.83 bits per heavy atom. The molecule has 66 valence electrons. The Hall–Kier alpha value is -0.630. The van der Waals surface area contributed by atoms with Crippen LogP contribution in [0.5, 0.6) is 0 Å². The Morgan fingerprint density at radius 3 is 3.00 bits per heavy atom. The van der Waals surface area contributed by atoms with Gasteiger partial charge in [0.15, 0.2) is 0 Å². The van der Waals surface area contributed by atoms with Gasteiger partial charge in [0.1, 0.15) is 12.2 Å². The SMILES string of the molecule is N#C[C@H]1C[C@@H](F)CN1C(=O)CBr. The second kappa shape index (κ2) is 3.85. The molecule has 0 aromatic rings. The molecular formula is C7H8BrFN2O. The number of hydrogen-bond acceptors (Lipinski definition) is 2. The van der Waals surface area contributed by atoms with Crippen molar-refractivity contribution in [3.05, 3.63) is 0 Å². The molecule has 12 heavy (non-hydrogen) atoms. The van der Waals surface area contributed by atoms with Crippen LogP contribution < -0.4 is 0 Å². The standard InChI is InChI=1S/C7H8BrFN2O/c8-2-7(12)11-4-5(9)1-6(11)3-10/h5-6H,1-2,4H2/t5-,6-/m1/s1. The molecule has 1 aliphatic rings. The fraction of sp³-hybridized carbons (Fsp3) is 0.714. The topological polar surface area (TPSA) is 44.1 Å². The first kappa shape index (κ1) is 9.46. The summed E-state index contributed by atoms with van der Waals surface area (Å²) in [5.41, 5.74) is 0. The molecular weight excluding hydrogens is 227 g/mol. The van der Waals surface area contributed by atoms with Gasteiger partial charge in [0, 0.05) is 6.42 Å². The summed E-state index contributed by atoms with van der Waals surface area (Å²) in [5, 5.41) is 8.72. The highest BCUT2D eigenvalue weighted by Gasteiger charge is 2.34. The quantitative estimate of drug-likeness (QED) is 0.632. The number of amides is 1. The Labute approximate surface area is 78.3 Å². The summed E-state index contributed by atoms with van der Waals surface area (Å²) in [7, 11) is 0. The minimum absolute atomic E-state index is 0.0582. The van der Waals surface area contributed by atoms with Crippen LogP contribution in [-0.2, 0) is 4.79 Å². The molecule has 1 saturated heterocycles. The van der Waals surface area contributed by atoms with Gasteiger partial charge in [-0.2, -0.15) is 5.26 Å². The van der Waals surface area contributed by atoms with Crippen molar-refractivity contribution in [2.45, 2.75) is 18.6 Å². The first-order valence-electron chi connectivity index (χ1n) is 3.58. The van der Waals surface area contributed by atoms with Gasteiger partial charge < -0.3 is 4.90 Å². The van der Waals surface area contributed by atoms with Crippen LogP contribution in [0, 0.1) is 11.3 Å². The zero-order valence-electron chi connectivity index (χ0n) is 6.33. The predicted molar refractivity (Wildman–Crippen MR) is 44.4 cm³/mol. The van der Waals surface area contributed by atoms with Gasteiger partial charge in [-0.05, 0) is 0 Å². The Kier molecular flexibility index (Phi) is 3.04. The lowest BCUT2D eigenvalue weighted by Crippen LogP contribution is -2.35. The van der Waals surface area contributed by atoms with E-state index in [1.807, 2.05) is 6.07 Å². The first-order chi connectivity index (χ1) is 5.69. The molecule has 0 aromatic carbocycles. The molecule has 1 fully saturated rings. The van der Waals surface area contributed by atoms with Crippen molar-refractivity contribution < 1.29 is 9.18 Å². The maximum Gasteiger partial charge on any atom is 0.234 e. The fourth-order valence-electron chi connectivity index (χ4n) is 1.26. The van der Waals surface area contributed by atoms with E-state index < -0.39 is 12.2 Å². The Bertz CT molecular complexity index is 228. The number of rotatable bonds is 1. The highest BCUT2D eigenvalue weighted by Crippen LogP contribution is 2.20. The fourth-order valence-corrected chi connectivity index (χ4v) is 1.58. The second-order valence-electron chi connectivity index (χ2n) is 2.66. The van der Waals surface area contributed by atoms with Gasteiger partial charge >= 0.3 is 0 Å². The molecule has 1 amide bonds. The van der Waals surface area contributed by atoms with Gasteiger partial charge in [-0.1, -0.05) is 15.9 Å². The number of hydrogen-bond donors (Lipinski definition) is 0. The van der Waals surface area contributed by atoms with Gasteiger partial charge in [0.2, 0.25) is 5.91 Å². The van der Waals surface area contributed by atoms with Crippen LogP contribution in [0.3, 0.4) is 0 Å². The number of likely N-dealkylation sites (tertiary alicyclic amines) is 1. The maximum absolute atomic E-state index is 12.7. The summed E-state index contributed by atoms with van der Waals surface area (Å²) in [5.74, 6) is -0.221. The molecule has 1 aliphatic heterocycles. The van der Waals surface area contributed by atoms with Crippen molar-refractivity contribution in [1.29, 1.82) is 5.26 Å². The van der Waals surface area contributed by atoms with Crippen molar-refractivity contribution in [3.8, 4) is 6.07 Å². The third kappa shape index (κ3) is 1.75. The number of nitrogens with zero attached hydrogens (tertiary/aromatic N) is 2. The van der Waals surface area contributed by atoms with Crippen molar-refractivity contribution in [3.63, 3.8) is 0 Å². The van der Waals surface area contributed by atoms with Crippen LogP contribution in [0.25, 0.3) is 0 Å². The van der Waals surface area contributed by atoms with E-state index in [9.17, 15) is 9.18 Å². The zero-order chi connectivity index (χ0) is 9.14. The Morgan fingerprint density at radius 2 is 2.50 bits per heavy atom. The van der Waals surface area contributed by atoms with Crippen molar-refractivity contribution in [2.75, 3.05) is 11.9 Å². The monoisotopic (exact) mass is 234 g/mol. The summed E-state index contributed by atoms with van der Waals surface area (Å²) in [6.07, 6.45) is -0.896. The largest absolute Gasteiger partial charge is 0.323 e. The molecule has 5 heteroatoms. The van der Waals surface area contributed by atoms with Crippen molar-refractivity contribution in [2.24, 2.45) is 0 Å². The normalized spacial score (nSPS) is 28.6. The third-order valence-corrected chi connectivity index (χ3v) is 2.31. The van der Waals surface area contributed by atoms with E-state index >= 15 is 0 Å². The number of carbonyl (C=O) groups is 1. The van der Waals surface area contributed by atoms with Crippen molar-refractivity contribution in [1.82, 2.24) is 4.90 Å². The van der Waals surface area contributed by atoms with E-state index in [2.05, 4.69) is 15.9 Å². The van der Waals surface area contributed by atoms with Crippen LogP contribution in [0.15, 0.2) is 0 Å². The summed E-state index contributed by atoms with van der Waals surface area (Å²) in [4.78, 5) is 12.4. The average molecular weight is 235 g/mol. The third-order valence-electron chi connectivity index (χ3n) is 1.83. The van der Waals surface area contributed by atoms with E-state index in [-0.39, 0.29) is 24.2 Å². The molecule has 0 N–H and O–H groups in total. The second-order valence-corrected chi connectivity index (χ2v) is 3.22. The predicted octanol–water partition coefficient (Wildman–Crippen LogP) is 0.844. The molecule has 0 aromatic heterocycles. The molecule has 3 nitrogen and oxygen atoms in total. The minimum Gasteiger partial charge on any atom is -0.323 e. The molecule has 0 spiro atoms. The zero-order valence-corrected chi connectivity index (χ0v) is 7.92. The molecule has 0 unspecified atom stereocenters. The number of nitriles is 1. The van der Waals surface area contributed by atoms with E-state index in [4.69, 9.17) is 5.26 Å². The van der Waals surface area contributed by atoms with Crippen LogP contribution in [-0.4, -0.2) is 34.9 Å². The van der Waals surface area contributed by atoms with Crippen LogP contribution in [0.1, 0.15) is 6.42 Å². The van der Waals surface area contributed by atoms with Crippen LogP contribution in [0.2, 0.25) is 0 Å². The summed E-state index contributed by atoms with van der Waals surface area (Å²) in [6.45, 7) is 0.0582.